The summed E-state index contributed by atoms with van der Waals surface area (Å²) in [6, 6.07) is 22.7. The zero-order valence-corrected chi connectivity index (χ0v) is 20.7. The van der Waals surface area contributed by atoms with Crippen molar-refractivity contribution in [3.8, 4) is 5.75 Å². The molecule has 2 aliphatic rings. The lowest BCUT2D eigenvalue weighted by atomic mass is 9.95. The number of para-hydroxylation sites is 1. The predicted molar refractivity (Wildman–Crippen MR) is 140 cm³/mol. The minimum absolute atomic E-state index is 0.0221. The lowest BCUT2D eigenvalue weighted by molar-refractivity contribution is -0.134. The molecule has 1 amide bonds. The van der Waals surface area contributed by atoms with E-state index in [-0.39, 0.29) is 24.3 Å². The average molecular weight is 487 g/mol. The van der Waals surface area contributed by atoms with Crippen molar-refractivity contribution in [3.05, 3.63) is 95.3 Å². The number of hydrogen-bond acceptors (Lipinski definition) is 5. The number of aryl methyl sites for hydroxylation is 1. The fraction of sp³-hybridized carbons (Fsp3) is 0.310. The number of benzene rings is 3. The van der Waals surface area contributed by atoms with Crippen LogP contribution < -0.4 is 9.64 Å². The molecule has 0 N–H and O–H groups in total. The minimum atomic E-state index is -0.208. The molecular weight excluding hydrogens is 455 g/mol. The Hall–Kier alpha value is -3.71. The van der Waals surface area contributed by atoms with Gasteiger partial charge in [0.25, 0.3) is 5.91 Å². The first-order chi connectivity index (χ1) is 17.5. The van der Waals surface area contributed by atoms with Crippen LogP contribution in [0.2, 0.25) is 0 Å². The summed E-state index contributed by atoms with van der Waals surface area (Å²) in [7, 11) is 1.65. The molecular formula is C29H31FN4O2. The first-order valence-electron chi connectivity index (χ1n) is 12.3. The van der Waals surface area contributed by atoms with E-state index in [4.69, 9.17) is 9.84 Å². The van der Waals surface area contributed by atoms with Gasteiger partial charge in [-0.05, 0) is 60.0 Å². The van der Waals surface area contributed by atoms with Crippen LogP contribution in [0.15, 0.2) is 77.9 Å². The maximum Gasteiger partial charge on any atom is 0.257 e. The summed E-state index contributed by atoms with van der Waals surface area (Å²) in [6.45, 7) is 5.10. The van der Waals surface area contributed by atoms with Crippen molar-refractivity contribution in [2.45, 2.75) is 19.4 Å². The third-order valence-corrected chi connectivity index (χ3v) is 7.06. The van der Waals surface area contributed by atoms with Crippen LogP contribution in [0.5, 0.6) is 5.75 Å². The lowest BCUT2D eigenvalue weighted by Crippen LogP contribution is -2.49. The van der Waals surface area contributed by atoms with Gasteiger partial charge in [0, 0.05) is 32.6 Å². The number of nitrogens with zero attached hydrogens (tertiary/aromatic N) is 4. The lowest BCUT2D eigenvalue weighted by Gasteiger charge is -2.36. The SMILES string of the molecule is COc1ccc(C2=NN(C(=O)CN3CCN(c4ccccc4F)CC3)C(c3ccccc3C)C2)cc1. The Bertz CT molecular complexity index is 1250. The van der Waals surface area contributed by atoms with Crippen molar-refractivity contribution in [1.29, 1.82) is 0 Å². The molecule has 0 aliphatic carbocycles. The van der Waals surface area contributed by atoms with Gasteiger partial charge in [-0.3, -0.25) is 9.69 Å². The van der Waals surface area contributed by atoms with Gasteiger partial charge >= 0.3 is 0 Å². The van der Waals surface area contributed by atoms with Gasteiger partial charge < -0.3 is 9.64 Å². The monoisotopic (exact) mass is 486 g/mol. The molecule has 3 aromatic carbocycles. The standard InChI is InChI=1S/C29H31FN4O2/c1-21-7-3-4-8-24(21)28-19-26(22-11-13-23(36-2)14-12-22)31-34(28)29(35)20-32-15-17-33(18-16-32)27-10-6-5-9-25(27)30/h3-14,28H,15-20H2,1-2H3. The molecule has 7 heteroatoms. The van der Waals surface area contributed by atoms with Crippen LogP contribution >= 0.6 is 0 Å². The summed E-state index contributed by atoms with van der Waals surface area (Å²) < 4.78 is 19.5. The maximum absolute atomic E-state index is 14.2. The second-order valence-corrected chi connectivity index (χ2v) is 9.30. The zero-order chi connectivity index (χ0) is 25.1. The number of carbonyl (C=O) groups is 1. The number of rotatable bonds is 6. The Morgan fingerprint density at radius 1 is 0.972 bits per heavy atom. The number of hydrogen-bond donors (Lipinski definition) is 0. The average Bonchev–Trinajstić information content (AvgIpc) is 3.35. The minimum Gasteiger partial charge on any atom is -0.497 e. The second-order valence-electron chi connectivity index (χ2n) is 9.30. The molecule has 1 unspecified atom stereocenters. The third-order valence-electron chi connectivity index (χ3n) is 7.06. The first kappa shape index (κ1) is 24.0. The molecule has 2 heterocycles. The molecule has 3 aromatic rings. The van der Waals surface area contributed by atoms with E-state index in [2.05, 4.69) is 24.0 Å². The fourth-order valence-electron chi connectivity index (χ4n) is 5.02. The molecule has 0 bridgehead atoms. The van der Waals surface area contributed by atoms with Gasteiger partial charge in [0.1, 0.15) is 11.6 Å². The van der Waals surface area contributed by atoms with E-state index in [1.807, 2.05) is 53.4 Å². The van der Waals surface area contributed by atoms with Crippen LogP contribution in [0.4, 0.5) is 10.1 Å². The molecule has 0 aromatic heterocycles. The van der Waals surface area contributed by atoms with Crippen LogP contribution in [-0.2, 0) is 4.79 Å². The quantitative estimate of drug-likeness (QED) is 0.509. The molecule has 2 aliphatic heterocycles. The molecule has 36 heavy (non-hydrogen) atoms. The first-order valence-corrected chi connectivity index (χ1v) is 12.3. The summed E-state index contributed by atoms with van der Waals surface area (Å²) in [6.07, 6.45) is 0.657. The number of anilines is 1. The van der Waals surface area contributed by atoms with Crippen LogP contribution in [0.1, 0.15) is 29.2 Å². The molecule has 0 saturated carbocycles. The number of piperazine rings is 1. The van der Waals surface area contributed by atoms with E-state index in [9.17, 15) is 9.18 Å². The normalized spacial score (nSPS) is 18.3. The second kappa shape index (κ2) is 10.5. The maximum atomic E-state index is 14.2. The Morgan fingerprint density at radius 2 is 1.67 bits per heavy atom. The smallest absolute Gasteiger partial charge is 0.257 e. The Balaban J connectivity index is 1.32. The van der Waals surface area contributed by atoms with Gasteiger partial charge in [0.15, 0.2) is 0 Å². The molecule has 0 spiro atoms. The van der Waals surface area contributed by atoms with Gasteiger partial charge in [0.05, 0.1) is 31.1 Å². The molecule has 1 atom stereocenters. The van der Waals surface area contributed by atoms with E-state index in [0.717, 1.165) is 28.2 Å². The van der Waals surface area contributed by atoms with E-state index in [1.165, 1.54) is 6.07 Å². The number of halogens is 1. The Kier molecular flexibility index (Phi) is 7.00. The topological polar surface area (TPSA) is 48.4 Å². The molecule has 5 rings (SSSR count). The largest absolute Gasteiger partial charge is 0.497 e. The zero-order valence-electron chi connectivity index (χ0n) is 20.7. The van der Waals surface area contributed by atoms with Crippen molar-refractivity contribution in [2.75, 3.05) is 44.7 Å². The molecule has 6 nitrogen and oxygen atoms in total. The Morgan fingerprint density at radius 3 is 2.36 bits per heavy atom. The third kappa shape index (κ3) is 4.97. The summed E-state index contributed by atoms with van der Waals surface area (Å²) in [5, 5.41) is 6.50. The van der Waals surface area contributed by atoms with E-state index >= 15 is 0 Å². The van der Waals surface area contributed by atoms with Gasteiger partial charge in [-0.1, -0.05) is 36.4 Å². The van der Waals surface area contributed by atoms with Crippen molar-refractivity contribution in [2.24, 2.45) is 5.10 Å². The number of carbonyl (C=O) groups excluding carboxylic acids is 1. The van der Waals surface area contributed by atoms with Gasteiger partial charge in [-0.25, -0.2) is 9.40 Å². The van der Waals surface area contributed by atoms with E-state index < -0.39 is 0 Å². The predicted octanol–water partition coefficient (Wildman–Crippen LogP) is 4.64. The summed E-state index contributed by atoms with van der Waals surface area (Å²) in [4.78, 5) is 17.8. The highest BCUT2D eigenvalue weighted by Gasteiger charge is 2.35. The highest BCUT2D eigenvalue weighted by atomic mass is 19.1. The number of ether oxygens (including phenoxy) is 1. The highest BCUT2D eigenvalue weighted by molar-refractivity contribution is 6.03. The van der Waals surface area contributed by atoms with Crippen molar-refractivity contribution < 1.29 is 13.9 Å². The van der Waals surface area contributed by atoms with Gasteiger partial charge in [-0.2, -0.15) is 5.10 Å². The fourth-order valence-corrected chi connectivity index (χ4v) is 5.02. The van der Waals surface area contributed by atoms with Crippen LogP contribution in [0.25, 0.3) is 0 Å². The van der Waals surface area contributed by atoms with E-state index in [0.29, 0.717) is 38.3 Å². The Labute approximate surface area is 211 Å². The molecule has 186 valence electrons. The molecule has 0 radical (unpaired) electrons. The molecule has 1 saturated heterocycles. The van der Waals surface area contributed by atoms with Gasteiger partial charge in [0.2, 0.25) is 0 Å². The summed E-state index contributed by atoms with van der Waals surface area (Å²) >= 11 is 0. The van der Waals surface area contributed by atoms with Crippen molar-refractivity contribution in [3.63, 3.8) is 0 Å². The molecule has 1 fully saturated rings. The summed E-state index contributed by atoms with van der Waals surface area (Å²) in [5.74, 6) is 0.557. The van der Waals surface area contributed by atoms with E-state index in [1.54, 1.807) is 18.2 Å². The van der Waals surface area contributed by atoms with Crippen LogP contribution in [-0.4, -0.2) is 61.4 Å². The summed E-state index contributed by atoms with van der Waals surface area (Å²) in [5.41, 5.74) is 4.76. The highest BCUT2D eigenvalue weighted by Crippen LogP contribution is 2.35. The number of amides is 1. The van der Waals surface area contributed by atoms with Crippen LogP contribution in [0.3, 0.4) is 0 Å². The number of methoxy groups -OCH3 is 1. The van der Waals surface area contributed by atoms with Crippen LogP contribution in [0, 0.1) is 12.7 Å². The van der Waals surface area contributed by atoms with Crippen molar-refractivity contribution in [1.82, 2.24) is 9.91 Å². The number of hydrazone groups is 1. The van der Waals surface area contributed by atoms with Crippen molar-refractivity contribution >= 4 is 17.3 Å². The van der Waals surface area contributed by atoms with Gasteiger partial charge in [-0.15, -0.1) is 0 Å².